The lowest BCUT2D eigenvalue weighted by Crippen LogP contribution is -2.25. The van der Waals surface area contributed by atoms with Crippen LogP contribution in [0.5, 0.6) is 5.75 Å². The highest BCUT2D eigenvalue weighted by atomic mass is 35.5. The van der Waals surface area contributed by atoms with Gasteiger partial charge in [-0.25, -0.2) is 18.1 Å². The van der Waals surface area contributed by atoms with E-state index in [9.17, 15) is 13.2 Å². The van der Waals surface area contributed by atoms with Gasteiger partial charge in [0.2, 0.25) is 10.0 Å². The van der Waals surface area contributed by atoms with Gasteiger partial charge in [-0.1, -0.05) is 11.6 Å². The summed E-state index contributed by atoms with van der Waals surface area (Å²) < 4.78 is 35.4. The minimum absolute atomic E-state index is 0.0324. The number of carbonyl (C=O) groups excluding carboxylic acids is 1. The number of aromatic nitrogens is 2. The molecule has 1 amide bonds. The summed E-state index contributed by atoms with van der Waals surface area (Å²) in [6, 6.07) is 10.7. The molecule has 1 aromatic heterocycles. The first-order chi connectivity index (χ1) is 14.9. The molecule has 8 nitrogen and oxygen atoms in total. The van der Waals surface area contributed by atoms with Crippen LogP contribution in [0.3, 0.4) is 0 Å². The smallest absolute Gasteiger partial charge is 0.255 e. The van der Waals surface area contributed by atoms with Crippen molar-refractivity contribution in [2.24, 2.45) is 0 Å². The quantitative estimate of drug-likeness (QED) is 0.448. The zero-order chi connectivity index (χ0) is 22.3. The van der Waals surface area contributed by atoms with Crippen molar-refractivity contribution in [3.05, 3.63) is 71.8 Å². The molecule has 0 aliphatic rings. The van der Waals surface area contributed by atoms with E-state index >= 15 is 0 Å². The molecule has 0 atom stereocenters. The molecule has 0 spiro atoms. The number of aryl methyl sites for hydroxylation is 1. The molecular weight excluding hydrogens is 440 g/mol. The third-order valence-corrected chi connectivity index (χ3v) is 6.07. The molecule has 1 heterocycles. The molecule has 10 heteroatoms. The summed E-state index contributed by atoms with van der Waals surface area (Å²) in [4.78, 5) is 16.6. The van der Waals surface area contributed by atoms with Gasteiger partial charge >= 0.3 is 0 Å². The minimum atomic E-state index is -3.76. The largest absolute Gasteiger partial charge is 0.492 e. The van der Waals surface area contributed by atoms with Crippen molar-refractivity contribution in [1.82, 2.24) is 14.3 Å². The number of rotatable bonds is 10. The summed E-state index contributed by atoms with van der Waals surface area (Å²) >= 11 is 5.87. The van der Waals surface area contributed by atoms with Crippen molar-refractivity contribution in [1.29, 1.82) is 0 Å². The minimum Gasteiger partial charge on any atom is -0.492 e. The molecule has 0 radical (unpaired) electrons. The molecule has 2 N–H and O–H groups in total. The number of anilines is 1. The Bertz CT molecular complexity index is 1120. The van der Waals surface area contributed by atoms with Crippen LogP contribution in [-0.4, -0.2) is 37.0 Å². The number of carbonyl (C=O) groups is 1. The Balaban J connectivity index is 1.73. The second kappa shape index (κ2) is 10.4. The predicted molar refractivity (Wildman–Crippen MR) is 119 cm³/mol. The second-order valence-corrected chi connectivity index (χ2v) is 8.81. The van der Waals surface area contributed by atoms with Crippen molar-refractivity contribution >= 4 is 33.2 Å². The SMILES string of the molecule is CCOc1ccc(S(=O)(=O)NCCCn2ccnc2)cc1NC(=O)c1ccc(Cl)cc1. The van der Waals surface area contributed by atoms with Crippen LogP contribution in [-0.2, 0) is 16.6 Å². The van der Waals surface area contributed by atoms with Gasteiger partial charge in [0.05, 0.1) is 23.5 Å². The average Bonchev–Trinajstić information content (AvgIpc) is 3.26. The van der Waals surface area contributed by atoms with Crippen LogP contribution in [0.4, 0.5) is 5.69 Å². The second-order valence-electron chi connectivity index (χ2n) is 6.60. The maximum absolute atomic E-state index is 12.7. The first-order valence-corrected chi connectivity index (χ1v) is 11.5. The van der Waals surface area contributed by atoms with Crippen molar-refractivity contribution in [2.75, 3.05) is 18.5 Å². The highest BCUT2D eigenvalue weighted by Crippen LogP contribution is 2.28. The van der Waals surface area contributed by atoms with Crippen LogP contribution < -0.4 is 14.8 Å². The lowest BCUT2D eigenvalue weighted by Gasteiger charge is -2.14. The summed E-state index contributed by atoms with van der Waals surface area (Å²) in [5, 5.41) is 3.23. The number of sulfonamides is 1. The zero-order valence-electron chi connectivity index (χ0n) is 16.9. The molecule has 0 aliphatic heterocycles. The Labute approximate surface area is 186 Å². The Morgan fingerprint density at radius 3 is 2.65 bits per heavy atom. The number of nitrogens with zero attached hydrogens (tertiary/aromatic N) is 2. The number of amides is 1. The molecule has 0 fully saturated rings. The van der Waals surface area contributed by atoms with E-state index in [1.54, 1.807) is 43.7 Å². The fourth-order valence-electron chi connectivity index (χ4n) is 2.82. The van der Waals surface area contributed by atoms with Crippen LogP contribution in [0.25, 0.3) is 0 Å². The molecule has 3 rings (SSSR count). The number of benzene rings is 2. The number of ether oxygens (including phenoxy) is 1. The van der Waals surface area contributed by atoms with E-state index < -0.39 is 15.9 Å². The van der Waals surface area contributed by atoms with Crippen LogP contribution in [0, 0.1) is 0 Å². The lowest BCUT2D eigenvalue weighted by atomic mass is 10.2. The van der Waals surface area contributed by atoms with E-state index in [2.05, 4.69) is 15.0 Å². The molecule has 0 bridgehead atoms. The van der Waals surface area contributed by atoms with Crippen molar-refractivity contribution < 1.29 is 17.9 Å². The highest BCUT2D eigenvalue weighted by molar-refractivity contribution is 7.89. The Kier molecular flexibility index (Phi) is 7.67. The van der Waals surface area contributed by atoms with Gasteiger partial charge in [-0.05, 0) is 55.8 Å². The predicted octanol–water partition coefficient (Wildman–Crippen LogP) is 3.56. The molecule has 0 saturated heterocycles. The molecule has 0 unspecified atom stereocenters. The molecule has 164 valence electrons. The fourth-order valence-corrected chi connectivity index (χ4v) is 4.05. The van der Waals surface area contributed by atoms with Crippen LogP contribution in [0.1, 0.15) is 23.7 Å². The molecule has 31 heavy (non-hydrogen) atoms. The Hall–Kier alpha value is -2.88. The highest BCUT2D eigenvalue weighted by Gasteiger charge is 2.18. The first kappa shape index (κ1) is 22.8. The topological polar surface area (TPSA) is 102 Å². The summed E-state index contributed by atoms with van der Waals surface area (Å²) in [5.41, 5.74) is 0.654. The molecule has 2 aromatic carbocycles. The number of halogens is 1. The summed E-state index contributed by atoms with van der Waals surface area (Å²) in [5.74, 6) is -0.0238. The summed E-state index contributed by atoms with van der Waals surface area (Å²) in [6.07, 6.45) is 5.77. The number of hydrogen-bond acceptors (Lipinski definition) is 5. The van der Waals surface area contributed by atoms with Crippen molar-refractivity contribution in [2.45, 2.75) is 24.8 Å². The van der Waals surface area contributed by atoms with E-state index in [1.165, 1.54) is 18.2 Å². The van der Waals surface area contributed by atoms with E-state index in [1.807, 2.05) is 10.8 Å². The standard InChI is InChI=1S/C21H23ClN4O4S/c1-2-30-20-9-8-18(31(28,29)24-10-3-12-26-13-11-23-15-26)14-19(20)25-21(27)16-4-6-17(22)7-5-16/h4-9,11,13-15,24H,2-3,10,12H2,1H3,(H,25,27). The van der Waals surface area contributed by atoms with Crippen LogP contribution in [0.2, 0.25) is 5.02 Å². The van der Waals surface area contributed by atoms with Gasteiger partial charge in [0.25, 0.3) is 5.91 Å². The van der Waals surface area contributed by atoms with E-state index in [0.717, 1.165) is 0 Å². The molecule has 0 saturated carbocycles. The van der Waals surface area contributed by atoms with E-state index in [0.29, 0.717) is 35.9 Å². The zero-order valence-corrected chi connectivity index (χ0v) is 18.5. The fraction of sp³-hybridized carbons (Fsp3) is 0.238. The summed E-state index contributed by atoms with van der Waals surface area (Å²) in [6.45, 7) is 3.08. The maximum Gasteiger partial charge on any atom is 0.255 e. The molecular formula is C21H23ClN4O4S. The number of nitrogens with one attached hydrogen (secondary N) is 2. The van der Waals surface area contributed by atoms with Gasteiger partial charge < -0.3 is 14.6 Å². The lowest BCUT2D eigenvalue weighted by molar-refractivity contribution is 0.102. The normalized spacial score (nSPS) is 11.3. The van der Waals surface area contributed by atoms with Crippen molar-refractivity contribution in [3.63, 3.8) is 0 Å². The Morgan fingerprint density at radius 1 is 1.19 bits per heavy atom. The van der Waals surface area contributed by atoms with Gasteiger partial charge in [0, 0.05) is 36.1 Å². The monoisotopic (exact) mass is 462 g/mol. The van der Waals surface area contributed by atoms with Crippen LogP contribution in [0.15, 0.2) is 66.1 Å². The maximum atomic E-state index is 12.7. The Morgan fingerprint density at radius 2 is 1.97 bits per heavy atom. The van der Waals surface area contributed by atoms with E-state index in [-0.39, 0.29) is 17.1 Å². The number of imidazole rings is 1. The van der Waals surface area contributed by atoms with Gasteiger partial charge in [-0.2, -0.15) is 0 Å². The van der Waals surface area contributed by atoms with E-state index in [4.69, 9.17) is 16.3 Å². The molecule has 3 aromatic rings. The average molecular weight is 463 g/mol. The van der Waals surface area contributed by atoms with Gasteiger partial charge in [0.15, 0.2) is 0 Å². The van der Waals surface area contributed by atoms with Crippen molar-refractivity contribution in [3.8, 4) is 5.75 Å². The van der Waals surface area contributed by atoms with Gasteiger partial charge in [-0.3, -0.25) is 4.79 Å². The molecule has 0 aliphatic carbocycles. The van der Waals surface area contributed by atoms with Gasteiger partial charge in [0.1, 0.15) is 5.75 Å². The third kappa shape index (κ3) is 6.30. The third-order valence-electron chi connectivity index (χ3n) is 4.36. The first-order valence-electron chi connectivity index (χ1n) is 9.68. The van der Waals surface area contributed by atoms with Gasteiger partial charge in [-0.15, -0.1) is 0 Å². The van der Waals surface area contributed by atoms with Crippen LogP contribution >= 0.6 is 11.6 Å². The number of hydrogen-bond donors (Lipinski definition) is 2. The summed E-state index contributed by atoms with van der Waals surface area (Å²) in [7, 11) is -3.76.